The van der Waals surface area contributed by atoms with Crippen LogP contribution in [-0.4, -0.2) is 30.6 Å². The summed E-state index contributed by atoms with van der Waals surface area (Å²) in [4.78, 5) is 2.35. The summed E-state index contributed by atoms with van der Waals surface area (Å²) in [6, 6.07) is 9.17. The molecule has 21 heavy (non-hydrogen) atoms. The molecule has 1 N–H and O–H groups in total. The molecule has 1 aliphatic heterocycles. The van der Waals surface area contributed by atoms with E-state index in [1.165, 1.54) is 18.4 Å². The summed E-state index contributed by atoms with van der Waals surface area (Å²) in [6.45, 7) is 7.48. The predicted molar refractivity (Wildman–Crippen MR) is 90.5 cm³/mol. The molecule has 1 aliphatic rings. The molecule has 114 valence electrons. The molecule has 1 atom stereocenters. The van der Waals surface area contributed by atoms with Gasteiger partial charge < -0.3 is 5.32 Å². The topological polar surface area (TPSA) is 15.3 Å². The lowest BCUT2D eigenvalue weighted by Crippen LogP contribution is -2.44. The van der Waals surface area contributed by atoms with Crippen LogP contribution in [0.2, 0.25) is 5.02 Å². The molecule has 0 bridgehead atoms. The molecule has 0 aliphatic carbocycles. The van der Waals surface area contributed by atoms with Gasteiger partial charge in [0, 0.05) is 30.2 Å². The van der Waals surface area contributed by atoms with Gasteiger partial charge in [-0.15, -0.1) is 6.42 Å². The Labute approximate surface area is 133 Å². The van der Waals surface area contributed by atoms with E-state index in [-0.39, 0.29) is 0 Å². The third kappa shape index (κ3) is 4.74. The zero-order chi connectivity index (χ0) is 15.2. The highest BCUT2D eigenvalue weighted by Crippen LogP contribution is 2.25. The third-order valence-corrected chi connectivity index (χ3v) is 4.47. The van der Waals surface area contributed by atoms with Crippen LogP contribution in [0.3, 0.4) is 0 Å². The van der Waals surface area contributed by atoms with Crippen LogP contribution in [0, 0.1) is 18.3 Å². The van der Waals surface area contributed by atoms with Crippen molar-refractivity contribution in [1.82, 2.24) is 10.2 Å². The van der Waals surface area contributed by atoms with Crippen molar-refractivity contribution in [1.29, 1.82) is 0 Å². The van der Waals surface area contributed by atoms with Crippen molar-refractivity contribution in [3.63, 3.8) is 0 Å². The molecule has 1 heterocycles. The molecule has 2 rings (SSSR count). The van der Waals surface area contributed by atoms with Crippen molar-refractivity contribution in [3.05, 3.63) is 34.9 Å². The average Bonchev–Trinajstić information content (AvgIpc) is 2.47. The molecule has 1 aromatic rings. The smallest absolute Gasteiger partial charge is 0.0598 e. The average molecular weight is 305 g/mol. The van der Waals surface area contributed by atoms with E-state index in [2.05, 4.69) is 42.1 Å². The van der Waals surface area contributed by atoms with Crippen molar-refractivity contribution in [2.75, 3.05) is 19.6 Å². The minimum Gasteiger partial charge on any atom is -0.307 e. The molecule has 3 heteroatoms. The Hall–Kier alpha value is -1.01. The van der Waals surface area contributed by atoms with E-state index < -0.39 is 0 Å². The summed E-state index contributed by atoms with van der Waals surface area (Å²) in [5.74, 6) is 3.29. The largest absolute Gasteiger partial charge is 0.307 e. The van der Waals surface area contributed by atoms with Crippen molar-refractivity contribution in [3.8, 4) is 12.3 Å². The molecular formula is C18H25ClN2. The highest BCUT2D eigenvalue weighted by atomic mass is 35.5. The Morgan fingerprint density at radius 2 is 1.90 bits per heavy atom. The second-order valence-corrected chi connectivity index (χ2v) is 6.63. The van der Waals surface area contributed by atoms with Gasteiger partial charge in [-0.3, -0.25) is 4.90 Å². The van der Waals surface area contributed by atoms with Crippen molar-refractivity contribution in [2.45, 2.75) is 38.8 Å². The van der Waals surface area contributed by atoms with E-state index in [0.29, 0.717) is 18.0 Å². The van der Waals surface area contributed by atoms with Crippen LogP contribution in [0.1, 0.15) is 38.3 Å². The third-order valence-electron chi connectivity index (χ3n) is 4.21. The lowest BCUT2D eigenvalue weighted by molar-refractivity contribution is 0.201. The second-order valence-electron chi connectivity index (χ2n) is 6.19. The number of hydrogen-bond donors (Lipinski definition) is 1. The lowest BCUT2D eigenvalue weighted by atomic mass is 9.93. The normalized spacial score (nSPS) is 18.6. The maximum absolute atomic E-state index is 5.99. The molecule has 1 fully saturated rings. The predicted octanol–water partition coefficient (Wildman–Crippen LogP) is 3.72. The van der Waals surface area contributed by atoms with Crippen LogP contribution in [0.15, 0.2) is 24.3 Å². The van der Waals surface area contributed by atoms with Crippen molar-refractivity contribution < 1.29 is 0 Å². The number of rotatable bonds is 5. The molecule has 0 radical (unpaired) electrons. The first-order chi connectivity index (χ1) is 10.1. The maximum atomic E-state index is 5.99. The van der Waals surface area contributed by atoms with E-state index in [0.717, 1.165) is 24.7 Å². The zero-order valence-electron chi connectivity index (χ0n) is 13.0. The zero-order valence-corrected chi connectivity index (χ0v) is 13.7. The van der Waals surface area contributed by atoms with Gasteiger partial charge in [-0.2, -0.15) is 0 Å². The van der Waals surface area contributed by atoms with Gasteiger partial charge in [-0.1, -0.05) is 43.5 Å². The fourth-order valence-electron chi connectivity index (χ4n) is 2.98. The van der Waals surface area contributed by atoms with E-state index in [1.54, 1.807) is 0 Å². The number of likely N-dealkylation sites (tertiary alicyclic amines) is 1. The number of nitrogens with one attached hydrogen (secondary N) is 1. The standard InChI is InChI=1S/C18H25ClN2/c1-4-11-21-12-9-17(10-13-21)20-18(14(2)3)15-5-7-16(19)8-6-15/h1,5-8,14,17-18,20H,9-13H2,2-3H3. The van der Waals surface area contributed by atoms with Crippen LogP contribution in [-0.2, 0) is 0 Å². The second kappa shape index (κ2) is 7.84. The summed E-state index contributed by atoms with van der Waals surface area (Å²) >= 11 is 5.99. The number of halogens is 1. The highest BCUT2D eigenvalue weighted by Gasteiger charge is 2.23. The van der Waals surface area contributed by atoms with E-state index >= 15 is 0 Å². The van der Waals surface area contributed by atoms with Gasteiger partial charge in [0.2, 0.25) is 0 Å². The van der Waals surface area contributed by atoms with Gasteiger partial charge in [0.1, 0.15) is 0 Å². The minimum atomic E-state index is 0.381. The van der Waals surface area contributed by atoms with Gasteiger partial charge in [-0.25, -0.2) is 0 Å². The van der Waals surface area contributed by atoms with Gasteiger partial charge >= 0.3 is 0 Å². The first kappa shape index (κ1) is 16.4. The van der Waals surface area contributed by atoms with Crippen LogP contribution in [0.5, 0.6) is 0 Å². The minimum absolute atomic E-state index is 0.381. The van der Waals surface area contributed by atoms with E-state index in [4.69, 9.17) is 18.0 Å². The molecule has 0 saturated carbocycles. The van der Waals surface area contributed by atoms with Crippen LogP contribution >= 0.6 is 11.6 Å². The molecule has 0 amide bonds. The lowest BCUT2D eigenvalue weighted by Gasteiger charge is -2.35. The molecule has 0 spiro atoms. The van der Waals surface area contributed by atoms with Crippen LogP contribution < -0.4 is 5.32 Å². The monoisotopic (exact) mass is 304 g/mol. The SMILES string of the molecule is C#CCN1CCC(NC(c2ccc(Cl)cc2)C(C)C)CC1. The molecule has 1 saturated heterocycles. The van der Waals surface area contributed by atoms with Gasteiger partial charge in [0.05, 0.1) is 6.54 Å². The van der Waals surface area contributed by atoms with Gasteiger partial charge in [0.25, 0.3) is 0 Å². The maximum Gasteiger partial charge on any atom is 0.0598 e. The molecule has 0 aromatic heterocycles. The van der Waals surface area contributed by atoms with Crippen molar-refractivity contribution in [2.24, 2.45) is 5.92 Å². The molecular weight excluding hydrogens is 280 g/mol. The molecule has 2 nitrogen and oxygen atoms in total. The summed E-state index contributed by atoms with van der Waals surface area (Å²) in [7, 11) is 0. The first-order valence-corrected chi connectivity index (χ1v) is 8.15. The Morgan fingerprint density at radius 1 is 1.29 bits per heavy atom. The van der Waals surface area contributed by atoms with Crippen molar-refractivity contribution >= 4 is 11.6 Å². The number of benzene rings is 1. The fourth-order valence-corrected chi connectivity index (χ4v) is 3.11. The highest BCUT2D eigenvalue weighted by molar-refractivity contribution is 6.30. The summed E-state index contributed by atoms with van der Waals surface area (Å²) in [5, 5.41) is 4.63. The number of hydrogen-bond acceptors (Lipinski definition) is 2. The Balaban J connectivity index is 1.95. The van der Waals surface area contributed by atoms with Gasteiger partial charge in [-0.05, 0) is 36.5 Å². The Kier molecular flexibility index (Phi) is 6.11. The van der Waals surface area contributed by atoms with Crippen LogP contribution in [0.25, 0.3) is 0 Å². The van der Waals surface area contributed by atoms with E-state index in [9.17, 15) is 0 Å². The summed E-state index contributed by atoms with van der Waals surface area (Å²) < 4.78 is 0. The summed E-state index contributed by atoms with van der Waals surface area (Å²) in [6.07, 6.45) is 7.71. The molecule has 1 aromatic carbocycles. The van der Waals surface area contributed by atoms with Crippen LogP contribution in [0.4, 0.5) is 0 Å². The Morgan fingerprint density at radius 3 is 2.43 bits per heavy atom. The fraction of sp³-hybridized carbons (Fsp3) is 0.556. The van der Waals surface area contributed by atoms with E-state index in [1.807, 2.05) is 12.1 Å². The Bertz CT molecular complexity index is 467. The van der Waals surface area contributed by atoms with Gasteiger partial charge in [0.15, 0.2) is 0 Å². The number of terminal acetylenes is 1. The first-order valence-electron chi connectivity index (χ1n) is 7.77. The number of nitrogens with zero attached hydrogens (tertiary/aromatic N) is 1. The number of piperidine rings is 1. The quantitative estimate of drug-likeness (QED) is 0.834. The summed E-state index contributed by atoms with van der Waals surface area (Å²) in [5.41, 5.74) is 1.32. The molecule has 1 unspecified atom stereocenters.